The van der Waals surface area contributed by atoms with Gasteiger partial charge in [0.2, 0.25) is 0 Å². The van der Waals surface area contributed by atoms with Gasteiger partial charge in [0, 0.05) is 18.3 Å². The molecule has 2 heterocycles. The maximum atomic E-state index is 11.5. The number of aromatic nitrogens is 3. The molecular weight excluding hydrogens is 271 g/mol. The maximum absolute atomic E-state index is 11.5. The van der Waals surface area contributed by atoms with E-state index in [0.29, 0.717) is 30.5 Å². The van der Waals surface area contributed by atoms with E-state index in [4.69, 9.17) is 9.79 Å². The molecule has 2 aromatic heterocycles. The van der Waals surface area contributed by atoms with Crippen LogP contribution in [0.3, 0.4) is 0 Å². The number of hydrogen-bond donors (Lipinski definition) is 5. The first-order chi connectivity index (χ1) is 9.18. The van der Waals surface area contributed by atoms with Gasteiger partial charge in [-0.2, -0.15) is 0 Å². The third kappa shape index (κ3) is 3.82. The lowest BCUT2D eigenvalue weighted by Crippen LogP contribution is -2.16. The van der Waals surface area contributed by atoms with Crippen molar-refractivity contribution in [3.8, 4) is 0 Å². The highest BCUT2D eigenvalue weighted by Gasteiger charge is 2.06. The van der Waals surface area contributed by atoms with E-state index in [-0.39, 0.29) is 12.2 Å². The molecule has 0 aromatic carbocycles. The van der Waals surface area contributed by atoms with Crippen LogP contribution in [-0.4, -0.2) is 37.9 Å². The molecule has 0 saturated heterocycles. The molecule has 2 rings (SSSR count). The smallest absolute Gasteiger partial charge is 0.327 e. The van der Waals surface area contributed by atoms with E-state index in [1.807, 2.05) is 0 Å². The average Bonchev–Trinajstić information content (AvgIpc) is 2.78. The molecule has 5 N–H and O–H groups in total. The van der Waals surface area contributed by atoms with E-state index in [9.17, 15) is 4.79 Å². The number of nitrogens with zero attached hydrogens (tertiary/aromatic N) is 1. The van der Waals surface area contributed by atoms with Gasteiger partial charge in [0.25, 0.3) is 5.56 Å². The molecule has 0 saturated carbocycles. The van der Waals surface area contributed by atoms with Gasteiger partial charge in [0.1, 0.15) is 5.52 Å². The van der Waals surface area contributed by atoms with Crippen LogP contribution in [0.25, 0.3) is 11.0 Å². The summed E-state index contributed by atoms with van der Waals surface area (Å²) in [5.74, 6) is 0. The molecule has 9 heteroatoms. The Labute approximate surface area is 109 Å². The summed E-state index contributed by atoms with van der Waals surface area (Å²) in [6.07, 6.45) is 3.79. The fourth-order valence-corrected chi connectivity index (χ4v) is 2.00. The summed E-state index contributed by atoms with van der Waals surface area (Å²) in [5, 5.41) is 3.16. The number of nitrogens with one attached hydrogen (secondary N) is 3. The van der Waals surface area contributed by atoms with Crippen molar-refractivity contribution in [1.82, 2.24) is 20.3 Å². The Morgan fingerprint density at radius 2 is 2.26 bits per heavy atom. The van der Waals surface area contributed by atoms with Crippen LogP contribution in [0.1, 0.15) is 12.0 Å². The first-order valence-electron chi connectivity index (χ1n) is 5.73. The Hall–Kier alpha value is -1.31. The van der Waals surface area contributed by atoms with E-state index < -0.39 is 8.60 Å². The number of fused-ring (bicyclic) bond motifs is 1. The van der Waals surface area contributed by atoms with Crippen LogP contribution >= 0.6 is 8.60 Å². The van der Waals surface area contributed by atoms with E-state index in [2.05, 4.69) is 24.8 Å². The Balaban J connectivity index is 1.82. The number of hydrogen-bond acceptors (Lipinski definition) is 6. The van der Waals surface area contributed by atoms with Crippen molar-refractivity contribution in [2.45, 2.75) is 13.0 Å². The van der Waals surface area contributed by atoms with Crippen LogP contribution in [0, 0.1) is 0 Å². The third-order valence-electron chi connectivity index (χ3n) is 2.57. The molecule has 2 aromatic rings. The van der Waals surface area contributed by atoms with Gasteiger partial charge in [0.05, 0.1) is 18.5 Å². The van der Waals surface area contributed by atoms with E-state index >= 15 is 0 Å². The highest BCUT2D eigenvalue weighted by Crippen LogP contribution is 2.23. The molecule has 104 valence electrons. The van der Waals surface area contributed by atoms with Crippen molar-refractivity contribution < 1.29 is 14.3 Å². The summed E-state index contributed by atoms with van der Waals surface area (Å²) < 4.78 is 4.64. The summed E-state index contributed by atoms with van der Waals surface area (Å²) in [7, 11) is -2.27. The van der Waals surface area contributed by atoms with Gasteiger partial charge in [-0.05, 0) is 13.0 Å². The highest BCUT2D eigenvalue weighted by atomic mass is 31.2. The van der Waals surface area contributed by atoms with Gasteiger partial charge in [-0.25, -0.2) is 4.98 Å². The zero-order valence-electron chi connectivity index (χ0n) is 10.1. The molecule has 0 aliphatic carbocycles. The third-order valence-corrected chi connectivity index (χ3v) is 2.98. The number of rotatable bonds is 7. The topological polar surface area (TPSA) is 123 Å². The van der Waals surface area contributed by atoms with Gasteiger partial charge in [-0.15, -0.1) is 0 Å². The first-order valence-corrected chi connectivity index (χ1v) is 6.90. The van der Waals surface area contributed by atoms with Gasteiger partial charge in [-0.3, -0.25) is 4.79 Å². The Kier molecular flexibility index (Phi) is 5.00. The van der Waals surface area contributed by atoms with Crippen LogP contribution in [0.4, 0.5) is 0 Å². The minimum Gasteiger partial charge on any atom is -0.355 e. The lowest BCUT2D eigenvalue weighted by molar-refractivity contribution is 0.250. The molecule has 0 amide bonds. The monoisotopic (exact) mass is 286 g/mol. The van der Waals surface area contributed by atoms with E-state index in [0.717, 1.165) is 5.56 Å². The molecule has 0 fully saturated rings. The quantitative estimate of drug-likeness (QED) is 0.359. The fourth-order valence-electron chi connectivity index (χ4n) is 1.71. The molecule has 19 heavy (non-hydrogen) atoms. The minimum atomic E-state index is -2.27. The maximum Gasteiger partial charge on any atom is 0.327 e. The normalized spacial score (nSPS) is 11.5. The highest BCUT2D eigenvalue weighted by molar-refractivity contribution is 7.39. The molecule has 0 bridgehead atoms. The van der Waals surface area contributed by atoms with Crippen molar-refractivity contribution in [3.63, 3.8) is 0 Å². The lowest BCUT2D eigenvalue weighted by atomic mass is 10.3. The zero-order valence-corrected chi connectivity index (χ0v) is 11.0. The van der Waals surface area contributed by atoms with Crippen molar-refractivity contribution in [2.24, 2.45) is 0 Å². The summed E-state index contributed by atoms with van der Waals surface area (Å²) in [5.41, 5.74) is 1.84. The van der Waals surface area contributed by atoms with Crippen molar-refractivity contribution >= 4 is 19.6 Å². The first kappa shape index (κ1) is 14.1. The predicted molar refractivity (Wildman–Crippen MR) is 70.3 cm³/mol. The largest absolute Gasteiger partial charge is 0.355 e. The molecule has 0 spiro atoms. The van der Waals surface area contributed by atoms with Crippen molar-refractivity contribution in [3.05, 3.63) is 28.4 Å². The molecule has 0 aliphatic rings. The SMILES string of the molecule is O=c1[nH]cnc2c(CNCCCOP(O)O)c[nH]c12. The summed E-state index contributed by atoms with van der Waals surface area (Å²) >= 11 is 0. The Bertz CT molecular complexity index is 582. The van der Waals surface area contributed by atoms with E-state index in [1.54, 1.807) is 6.20 Å². The fraction of sp³-hybridized carbons (Fsp3) is 0.400. The second-order valence-electron chi connectivity index (χ2n) is 3.89. The van der Waals surface area contributed by atoms with Gasteiger partial charge < -0.3 is 29.6 Å². The van der Waals surface area contributed by atoms with Crippen LogP contribution < -0.4 is 10.9 Å². The lowest BCUT2D eigenvalue weighted by Gasteiger charge is -2.05. The number of aromatic amines is 2. The Morgan fingerprint density at radius 1 is 1.42 bits per heavy atom. The van der Waals surface area contributed by atoms with Crippen molar-refractivity contribution in [2.75, 3.05) is 13.2 Å². The van der Waals surface area contributed by atoms with Crippen LogP contribution in [0.2, 0.25) is 0 Å². The minimum absolute atomic E-state index is 0.191. The standard InChI is InChI=1S/C10H15N4O4P/c15-10-9-8(13-6-14-10)7(5-12-9)4-11-2-1-3-18-19(16)17/h5-6,11-12,16-17H,1-4H2,(H,13,14,15). The molecule has 0 aliphatic heterocycles. The average molecular weight is 286 g/mol. The zero-order chi connectivity index (χ0) is 13.7. The van der Waals surface area contributed by atoms with Gasteiger partial charge in [-0.1, -0.05) is 0 Å². The Morgan fingerprint density at radius 3 is 3.05 bits per heavy atom. The second kappa shape index (κ2) is 6.74. The molecular formula is C10H15N4O4P. The molecule has 8 nitrogen and oxygen atoms in total. The van der Waals surface area contributed by atoms with E-state index in [1.165, 1.54) is 6.33 Å². The summed E-state index contributed by atoms with van der Waals surface area (Å²) in [6.45, 7) is 1.53. The number of H-pyrrole nitrogens is 2. The molecule has 0 unspecified atom stereocenters. The van der Waals surface area contributed by atoms with Gasteiger partial charge >= 0.3 is 8.60 Å². The molecule has 0 radical (unpaired) electrons. The predicted octanol–water partition coefficient (Wildman–Crippen LogP) is -0.0410. The van der Waals surface area contributed by atoms with Crippen molar-refractivity contribution in [1.29, 1.82) is 0 Å². The van der Waals surface area contributed by atoms with Crippen LogP contribution in [-0.2, 0) is 11.1 Å². The van der Waals surface area contributed by atoms with Crippen LogP contribution in [0.5, 0.6) is 0 Å². The summed E-state index contributed by atoms with van der Waals surface area (Å²) in [6, 6.07) is 0. The molecule has 0 atom stereocenters. The summed E-state index contributed by atoms with van der Waals surface area (Å²) in [4.78, 5) is 38.1. The second-order valence-corrected chi connectivity index (χ2v) is 4.65. The van der Waals surface area contributed by atoms with Crippen LogP contribution in [0.15, 0.2) is 17.3 Å². The van der Waals surface area contributed by atoms with Gasteiger partial charge in [0.15, 0.2) is 0 Å².